The predicted octanol–water partition coefficient (Wildman–Crippen LogP) is 2.60. The molecule has 0 radical (unpaired) electrons. The molecule has 2 amide bonds. The van der Waals surface area contributed by atoms with Crippen LogP contribution < -0.4 is 20.1 Å². The van der Waals surface area contributed by atoms with Crippen LogP contribution in [0.15, 0.2) is 18.2 Å². The molecule has 13 heteroatoms. The van der Waals surface area contributed by atoms with Gasteiger partial charge in [0, 0.05) is 6.07 Å². The highest BCUT2D eigenvalue weighted by atomic mass is 35.5. The third-order valence-electron chi connectivity index (χ3n) is 3.34. The van der Waals surface area contributed by atoms with Crippen molar-refractivity contribution in [2.75, 3.05) is 23.5 Å². The second kappa shape index (κ2) is 10.2. The molecule has 0 aliphatic carbocycles. The molecule has 2 aromatic rings. The van der Waals surface area contributed by atoms with Crippen LogP contribution in [0, 0.1) is 11.7 Å². The second-order valence-corrected chi connectivity index (χ2v) is 10.0. The Morgan fingerprint density at radius 1 is 1.27 bits per heavy atom. The normalized spacial score (nSPS) is 11.4. The summed E-state index contributed by atoms with van der Waals surface area (Å²) in [5.41, 5.74) is 0.332. The van der Waals surface area contributed by atoms with E-state index >= 15 is 0 Å². The second-order valence-electron chi connectivity index (χ2n) is 6.59. The number of benzene rings is 1. The van der Waals surface area contributed by atoms with Crippen LogP contribution in [-0.2, 0) is 26.2 Å². The maximum Gasteiger partial charge on any atom is 0.315 e. The van der Waals surface area contributed by atoms with Crippen molar-refractivity contribution >= 4 is 55.6 Å². The SMILES string of the molecule is CC(C)COc1cc(F)ccc1NC(=O)C(=O)Nc1nc(CNS(C)(=O)=O)c(Cl)s1. The highest BCUT2D eigenvalue weighted by Crippen LogP contribution is 2.29. The molecule has 1 heterocycles. The molecular formula is C17H20ClFN4O5S2. The molecule has 0 saturated carbocycles. The largest absolute Gasteiger partial charge is 0.491 e. The molecule has 0 spiro atoms. The summed E-state index contributed by atoms with van der Waals surface area (Å²) in [7, 11) is -3.45. The van der Waals surface area contributed by atoms with Gasteiger partial charge in [0.1, 0.15) is 15.9 Å². The van der Waals surface area contributed by atoms with Gasteiger partial charge in [0.15, 0.2) is 5.13 Å². The Bertz CT molecular complexity index is 1040. The van der Waals surface area contributed by atoms with Crippen molar-refractivity contribution in [3.8, 4) is 5.75 Å². The Balaban J connectivity index is 2.04. The van der Waals surface area contributed by atoms with Gasteiger partial charge in [-0.3, -0.25) is 14.9 Å². The number of nitrogens with zero attached hydrogens (tertiary/aromatic N) is 1. The lowest BCUT2D eigenvalue weighted by atomic mass is 10.2. The average Bonchev–Trinajstić information content (AvgIpc) is 2.98. The molecule has 9 nitrogen and oxygen atoms in total. The molecule has 3 N–H and O–H groups in total. The number of nitrogens with one attached hydrogen (secondary N) is 3. The van der Waals surface area contributed by atoms with Gasteiger partial charge in [-0.2, -0.15) is 0 Å². The zero-order valence-corrected chi connectivity index (χ0v) is 18.7. The van der Waals surface area contributed by atoms with Crippen LogP contribution in [0.4, 0.5) is 15.2 Å². The van der Waals surface area contributed by atoms with Crippen molar-refractivity contribution in [3.05, 3.63) is 34.0 Å². The maximum absolute atomic E-state index is 13.5. The quantitative estimate of drug-likeness (QED) is 0.500. The van der Waals surface area contributed by atoms with Crippen molar-refractivity contribution in [1.82, 2.24) is 9.71 Å². The van der Waals surface area contributed by atoms with Crippen LogP contribution in [0.1, 0.15) is 19.5 Å². The zero-order chi connectivity index (χ0) is 22.5. The van der Waals surface area contributed by atoms with E-state index in [-0.39, 0.29) is 39.1 Å². The average molecular weight is 479 g/mol. The van der Waals surface area contributed by atoms with Gasteiger partial charge < -0.3 is 10.1 Å². The topological polar surface area (TPSA) is 126 Å². The number of thiazole rings is 1. The zero-order valence-electron chi connectivity index (χ0n) is 16.3. The predicted molar refractivity (Wildman–Crippen MR) is 113 cm³/mol. The number of anilines is 2. The summed E-state index contributed by atoms with van der Waals surface area (Å²) >= 11 is 6.85. The number of carbonyl (C=O) groups excluding carboxylic acids is 2. The van der Waals surface area contributed by atoms with Gasteiger partial charge >= 0.3 is 11.8 Å². The van der Waals surface area contributed by atoms with Gasteiger partial charge in [-0.05, 0) is 18.1 Å². The fourth-order valence-corrected chi connectivity index (χ4v) is 3.44. The standard InChI is InChI=1S/C17H20ClFN4O5S2/c1-9(2)8-28-13-6-10(19)4-5-11(13)21-15(24)16(25)23-17-22-12(14(18)29-17)7-20-30(3,26)27/h4-6,9,20H,7-8H2,1-3H3,(H,21,24)(H,22,23,25). The lowest BCUT2D eigenvalue weighted by molar-refractivity contribution is -0.133. The summed E-state index contributed by atoms with van der Waals surface area (Å²) in [6.45, 7) is 3.94. The van der Waals surface area contributed by atoms with E-state index in [1.54, 1.807) is 0 Å². The minimum Gasteiger partial charge on any atom is -0.491 e. The van der Waals surface area contributed by atoms with Crippen molar-refractivity contribution in [2.45, 2.75) is 20.4 Å². The number of amides is 2. The van der Waals surface area contributed by atoms with Gasteiger partial charge in [0.25, 0.3) is 0 Å². The van der Waals surface area contributed by atoms with E-state index in [0.717, 1.165) is 29.7 Å². The summed E-state index contributed by atoms with van der Waals surface area (Å²) in [5.74, 6) is -2.36. The number of carbonyl (C=O) groups is 2. The first-order valence-corrected chi connectivity index (χ1v) is 11.7. The Kier molecular flexibility index (Phi) is 8.12. The smallest absolute Gasteiger partial charge is 0.315 e. The fourth-order valence-electron chi connectivity index (χ4n) is 2.00. The third-order valence-corrected chi connectivity index (χ3v) is 5.26. The molecule has 30 heavy (non-hydrogen) atoms. The number of ether oxygens (including phenoxy) is 1. The molecule has 164 valence electrons. The van der Waals surface area contributed by atoms with Gasteiger partial charge in [0.2, 0.25) is 10.0 Å². The van der Waals surface area contributed by atoms with E-state index in [0.29, 0.717) is 6.61 Å². The van der Waals surface area contributed by atoms with E-state index in [2.05, 4.69) is 20.3 Å². The number of sulfonamides is 1. The van der Waals surface area contributed by atoms with Gasteiger partial charge in [0.05, 0.1) is 30.8 Å². The lowest BCUT2D eigenvalue weighted by Gasteiger charge is -2.13. The highest BCUT2D eigenvalue weighted by Gasteiger charge is 2.20. The van der Waals surface area contributed by atoms with Crippen LogP contribution in [0.25, 0.3) is 0 Å². The first-order valence-electron chi connectivity index (χ1n) is 8.59. The monoisotopic (exact) mass is 478 g/mol. The molecule has 0 saturated heterocycles. The molecule has 2 rings (SSSR count). The molecule has 0 aliphatic heterocycles. The summed E-state index contributed by atoms with van der Waals surface area (Å²) in [6, 6.07) is 3.51. The van der Waals surface area contributed by atoms with Crippen molar-refractivity contribution in [2.24, 2.45) is 5.92 Å². The molecular weight excluding hydrogens is 459 g/mol. The van der Waals surface area contributed by atoms with E-state index in [1.165, 1.54) is 6.07 Å². The minimum absolute atomic E-state index is 0.0147. The Labute approximate surface area is 182 Å². The number of aromatic nitrogens is 1. The Hall–Kier alpha value is -2.28. The first-order chi connectivity index (χ1) is 13.9. The van der Waals surface area contributed by atoms with Crippen LogP contribution in [0.2, 0.25) is 4.34 Å². The molecule has 1 aromatic heterocycles. The maximum atomic E-state index is 13.5. The van der Waals surface area contributed by atoms with E-state index in [9.17, 15) is 22.4 Å². The van der Waals surface area contributed by atoms with Crippen molar-refractivity contribution in [3.63, 3.8) is 0 Å². The molecule has 0 fully saturated rings. The van der Waals surface area contributed by atoms with E-state index < -0.39 is 27.7 Å². The molecule has 1 aromatic carbocycles. The summed E-state index contributed by atoms with van der Waals surface area (Å²) in [6.07, 6.45) is 0.981. The number of halogens is 2. The van der Waals surface area contributed by atoms with E-state index in [4.69, 9.17) is 16.3 Å². The van der Waals surface area contributed by atoms with Crippen LogP contribution in [0.3, 0.4) is 0 Å². The molecule has 0 aliphatic rings. The highest BCUT2D eigenvalue weighted by molar-refractivity contribution is 7.88. The summed E-state index contributed by atoms with van der Waals surface area (Å²) in [5, 5.41) is 4.65. The van der Waals surface area contributed by atoms with Crippen LogP contribution in [0.5, 0.6) is 5.75 Å². The van der Waals surface area contributed by atoms with Crippen LogP contribution >= 0.6 is 22.9 Å². The molecule has 0 bridgehead atoms. The van der Waals surface area contributed by atoms with Crippen LogP contribution in [-0.4, -0.2) is 38.1 Å². The third kappa shape index (κ3) is 7.52. The summed E-state index contributed by atoms with van der Waals surface area (Å²) < 4.78 is 43.7. The fraction of sp³-hybridized carbons (Fsp3) is 0.353. The molecule has 0 atom stereocenters. The summed E-state index contributed by atoms with van der Waals surface area (Å²) in [4.78, 5) is 28.4. The lowest BCUT2D eigenvalue weighted by Crippen LogP contribution is -2.29. The number of hydrogen-bond donors (Lipinski definition) is 3. The minimum atomic E-state index is -3.45. The number of rotatable bonds is 8. The van der Waals surface area contributed by atoms with Crippen molar-refractivity contribution in [1.29, 1.82) is 0 Å². The Morgan fingerprint density at radius 3 is 2.57 bits per heavy atom. The first kappa shape index (κ1) is 24.0. The molecule has 0 unspecified atom stereocenters. The Morgan fingerprint density at radius 2 is 1.93 bits per heavy atom. The number of hydrogen-bond acceptors (Lipinski definition) is 7. The van der Waals surface area contributed by atoms with Gasteiger partial charge in [-0.25, -0.2) is 22.5 Å². The van der Waals surface area contributed by atoms with E-state index in [1.807, 2.05) is 13.8 Å². The van der Waals surface area contributed by atoms with Gasteiger partial charge in [-0.1, -0.05) is 36.8 Å². The van der Waals surface area contributed by atoms with Gasteiger partial charge in [-0.15, -0.1) is 0 Å². The van der Waals surface area contributed by atoms with Crippen molar-refractivity contribution < 1.29 is 27.1 Å².